The third-order valence-corrected chi connectivity index (χ3v) is 3.64. The molecule has 0 saturated heterocycles. The van der Waals surface area contributed by atoms with Crippen molar-refractivity contribution in [1.29, 1.82) is 0 Å². The summed E-state index contributed by atoms with van der Waals surface area (Å²) in [5.41, 5.74) is -0.688. The number of ether oxygens (including phenoxy) is 1. The van der Waals surface area contributed by atoms with E-state index in [9.17, 15) is 4.79 Å². The Kier molecular flexibility index (Phi) is 2.30. The van der Waals surface area contributed by atoms with Crippen molar-refractivity contribution in [3.8, 4) is 0 Å². The Morgan fingerprint density at radius 2 is 1.86 bits per heavy atom. The molecule has 0 heterocycles. The molecule has 2 unspecified atom stereocenters. The highest BCUT2D eigenvalue weighted by atomic mass is 16.5. The third kappa shape index (κ3) is 1.78. The monoisotopic (exact) mass is 197 g/mol. The number of carbonyl (C=O) groups is 1. The highest BCUT2D eigenvalue weighted by Gasteiger charge is 2.46. The minimum atomic E-state index is -0.688. The highest BCUT2D eigenvalue weighted by molar-refractivity contribution is 5.84. The molecule has 2 atom stereocenters. The van der Waals surface area contributed by atoms with Crippen molar-refractivity contribution in [1.82, 2.24) is 5.32 Å². The standard InChI is InChI=1S/C11H19NO2/c1-11(2,14-3)10(13)12-9-5-7-4-8(7)6-9/h7-9H,4-6H2,1-3H3,(H,12,13). The first-order chi connectivity index (χ1) is 6.53. The van der Waals surface area contributed by atoms with Crippen LogP contribution in [0.3, 0.4) is 0 Å². The summed E-state index contributed by atoms with van der Waals surface area (Å²) in [6.45, 7) is 3.61. The summed E-state index contributed by atoms with van der Waals surface area (Å²) in [6, 6.07) is 0.403. The van der Waals surface area contributed by atoms with Crippen LogP contribution >= 0.6 is 0 Å². The zero-order chi connectivity index (χ0) is 10.3. The summed E-state index contributed by atoms with van der Waals surface area (Å²) in [6.07, 6.45) is 3.74. The number of hydrogen-bond donors (Lipinski definition) is 1. The Morgan fingerprint density at radius 3 is 2.36 bits per heavy atom. The van der Waals surface area contributed by atoms with Crippen molar-refractivity contribution >= 4 is 5.91 Å². The largest absolute Gasteiger partial charge is 0.369 e. The first-order valence-electron chi connectivity index (χ1n) is 5.39. The Hall–Kier alpha value is -0.570. The first kappa shape index (κ1) is 9.97. The van der Waals surface area contributed by atoms with Crippen LogP contribution < -0.4 is 5.32 Å². The van der Waals surface area contributed by atoms with E-state index in [1.54, 1.807) is 21.0 Å². The van der Waals surface area contributed by atoms with Gasteiger partial charge >= 0.3 is 0 Å². The summed E-state index contributed by atoms with van der Waals surface area (Å²) >= 11 is 0. The van der Waals surface area contributed by atoms with Crippen molar-refractivity contribution in [2.45, 2.75) is 44.8 Å². The molecule has 1 amide bonds. The van der Waals surface area contributed by atoms with Crippen molar-refractivity contribution in [2.24, 2.45) is 11.8 Å². The van der Waals surface area contributed by atoms with Gasteiger partial charge in [0.1, 0.15) is 5.60 Å². The predicted octanol–water partition coefficient (Wildman–Crippen LogP) is 1.33. The molecule has 0 radical (unpaired) electrons. The number of methoxy groups -OCH3 is 1. The van der Waals surface area contributed by atoms with E-state index in [1.807, 2.05) is 0 Å². The van der Waals surface area contributed by atoms with Gasteiger partial charge in [-0.25, -0.2) is 0 Å². The fourth-order valence-electron chi connectivity index (χ4n) is 2.28. The molecule has 0 aliphatic heterocycles. The van der Waals surface area contributed by atoms with Crippen LogP contribution in [-0.2, 0) is 9.53 Å². The molecule has 2 saturated carbocycles. The number of carbonyl (C=O) groups excluding carboxylic acids is 1. The Bertz CT molecular complexity index is 240. The van der Waals surface area contributed by atoms with Gasteiger partial charge in [0.2, 0.25) is 0 Å². The van der Waals surface area contributed by atoms with E-state index < -0.39 is 5.60 Å². The molecule has 2 rings (SSSR count). The second kappa shape index (κ2) is 3.23. The maximum atomic E-state index is 11.7. The molecule has 1 N–H and O–H groups in total. The molecule has 0 spiro atoms. The van der Waals surface area contributed by atoms with E-state index >= 15 is 0 Å². The number of amides is 1. The normalized spacial score (nSPS) is 35.2. The Balaban J connectivity index is 1.82. The predicted molar refractivity (Wildman–Crippen MR) is 53.8 cm³/mol. The molecule has 14 heavy (non-hydrogen) atoms. The topological polar surface area (TPSA) is 38.3 Å². The molecule has 0 bridgehead atoms. The van der Waals surface area contributed by atoms with Gasteiger partial charge in [0, 0.05) is 13.2 Å². The Labute approximate surface area is 85.2 Å². The minimum absolute atomic E-state index is 0.0197. The van der Waals surface area contributed by atoms with E-state index in [0.29, 0.717) is 6.04 Å². The fraction of sp³-hybridized carbons (Fsp3) is 0.909. The smallest absolute Gasteiger partial charge is 0.251 e. The summed E-state index contributed by atoms with van der Waals surface area (Å²) in [4.78, 5) is 11.7. The molecule has 80 valence electrons. The molecule has 2 fully saturated rings. The maximum absolute atomic E-state index is 11.7. The molecule has 2 aliphatic rings. The van der Waals surface area contributed by atoms with Gasteiger partial charge in [-0.1, -0.05) is 0 Å². The van der Waals surface area contributed by atoms with Crippen molar-refractivity contribution in [3.63, 3.8) is 0 Å². The highest BCUT2D eigenvalue weighted by Crippen LogP contribution is 2.51. The zero-order valence-electron chi connectivity index (χ0n) is 9.17. The fourth-order valence-corrected chi connectivity index (χ4v) is 2.28. The lowest BCUT2D eigenvalue weighted by Gasteiger charge is -2.24. The van der Waals surface area contributed by atoms with Crippen molar-refractivity contribution in [3.05, 3.63) is 0 Å². The average Bonchev–Trinajstić information content (AvgIpc) is 2.74. The third-order valence-electron chi connectivity index (χ3n) is 3.64. The Morgan fingerprint density at radius 1 is 1.29 bits per heavy atom. The van der Waals surface area contributed by atoms with Gasteiger partial charge in [-0.2, -0.15) is 0 Å². The zero-order valence-corrected chi connectivity index (χ0v) is 9.17. The van der Waals surface area contributed by atoms with Gasteiger partial charge in [-0.3, -0.25) is 4.79 Å². The van der Waals surface area contributed by atoms with Crippen LogP contribution in [0, 0.1) is 11.8 Å². The van der Waals surface area contributed by atoms with Crippen LogP contribution in [0.1, 0.15) is 33.1 Å². The van der Waals surface area contributed by atoms with Crippen LogP contribution in [0.4, 0.5) is 0 Å². The summed E-state index contributed by atoms with van der Waals surface area (Å²) < 4.78 is 5.14. The summed E-state index contributed by atoms with van der Waals surface area (Å²) in [5.74, 6) is 1.84. The minimum Gasteiger partial charge on any atom is -0.369 e. The molecule has 3 nitrogen and oxygen atoms in total. The van der Waals surface area contributed by atoms with E-state index in [1.165, 1.54) is 19.3 Å². The molecule has 0 aromatic rings. The SMILES string of the molecule is COC(C)(C)C(=O)NC1CC2CC2C1. The van der Waals surface area contributed by atoms with E-state index in [0.717, 1.165) is 11.8 Å². The van der Waals surface area contributed by atoms with E-state index in [4.69, 9.17) is 4.74 Å². The van der Waals surface area contributed by atoms with Crippen LogP contribution in [-0.4, -0.2) is 24.7 Å². The van der Waals surface area contributed by atoms with Gasteiger partial charge in [-0.05, 0) is 44.9 Å². The summed E-state index contributed by atoms with van der Waals surface area (Å²) in [7, 11) is 1.58. The molecular formula is C11H19NO2. The van der Waals surface area contributed by atoms with Crippen LogP contribution in [0.25, 0.3) is 0 Å². The van der Waals surface area contributed by atoms with Crippen LogP contribution in [0.15, 0.2) is 0 Å². The van der Waals surface area contributed by atoms with Crippen molar-refractivity contribution < 1.29 is 9.53 Å². The second-order valence-corrected chi connectivity index (χ2v) is 5.11. The van der Waals surface area contributed by atoms with E-state index in [2.05, 4.69) is 5.32 Å². The van der Waals surface area contributed by atoms with Crippen LogP contribution in [0.2, 0.25) is 0 Å². The number of nitrogens with one attached hydrogen (secondary N) is 1. The molecular weight excluding hydrogens is 178 g/mol. The molecule has 0 aromatic carbocycles. The van der Waals surface area contributed by atoms with Gasteiger partial charge in [0.15, 0.2) is 0 Å². The lowest BCUT2D eigenvalue weighted by atomic mass is 10.1. The molecule has 0 aromatic heterocycles. The number of rotatable bonds is 3. The molecule has 3 heteroatoms. The second-order valence-electron chi connectivity index (χ2n) is 5.11. The van der Waals surface area contributed by atoms with Crippen molar-refractivity contribution in [2.75, 3.05) is 7.11 Å². The number of fused-ring (bicyclic) bond motifs is 1. The van der Waals surface area contributed by atoms with E-state index in [-0.39, 0.29) is 5.91 Å². The van der Waals surface area contributed by atoms with Gasteiger partial charge in [0.25, 0.3) is 5.91 Å². The summed E-state index contributed by atoms with van der Waals surface area (Å²) in [5, 5.41) is 3.07. The van der Waals surface area contributed by atoms with Crippen LogP contribution in [0.5, 0.6) is 0 Å². The van der Waals surface area contributed by atoms with Gasteiger partial charge in [-0.15, -0.1) is 0 Å². The first-order valence-corrected chi connectivity index (χ1v) is 5.39. The molecule has 2 aliphatic carbocycles. The van der Waals surface area contributed by atoms with Gasteiger partial charge < -0.3 is 10.1 Å². The number of hydrogen-bond acceptors (Lipinski definition) is 2. The lowest BCUT2D eigenvalue weighted by Crippen LogP contribution is -2.47. The lowest BCUT2D eigenvalue weighted by molar-refractivity contribution is -0.140. The average molecular weight is 197 g/mol. The van der Waals surface area contributed by atoms with Gasteiger partial charge in [0.05, 0.1) is 0 Å². The quantitative estimate of drug-likeness (QED) is 0.741. The maximum Gasteiger partial charge on any atom is 0.251 e.